The Morgan fingerprint density at radius 3 is 2.45 bits per heavy atom. The average Bonchev–Trinajstić information content (AvgIpc) is 3.09. The van der Waals surface area contributed by atoms with Crippen molar-refractivity contribution in [2.45, 2.75) is 37.8 Å². The van der Waals surface area contributed by atoms with E-state index in [1.165, 1.54) is 49.8 Å². The molecule has 1 aliphatic rings. The van der Waals surface area contributed by atoms with Crippen LogP contribution in [0.15, 0.2) is 29.2 Å². The van der Waals surface area contributed by atoms with Crippen molar-refractivity contribution in [1.29, 1.82) is 0 Å². The summed E-state index contributed by atoms with van der Waals surface area (Å²) in [5, 5.41) is 2.96. The molecule has 3 rings (SSSR count). The first-order valence-electron chi connectivity index (χ1n) is 9.79. The molecule has 0 saturated heterocycles. The van der Waals surface area contributed by atoms with Gasteiger partial charge in [0.2, 0.25) is 5.91 Å². The highest BCUT2D eigenvalue weighted by molar-refractivity contribution is 7.92. The number of anilines is 1. The fourth-order valence-corrected chi connectivity index (χ4v) is 5.88. The second kappa shape index (κ2) is 9.37. The Hall–Kier alpha value is -2.43. The number of benzene rings is 1. The molecule has 1 aliphatic heterocycles. The normalized spacial score (nSPS) is 14.2. The molecule has 2 aromatic rings. The second-order valence-corrected chi connectivity index (χ2v) is 10.6. The van der Waals surface area contributed by atoms with Crippen LogP contribution in [-0.4, -0.2) is 57.8 Å². The van der Waals surface area contributed by atoms with Gasteiger partial charge in [0.05, 0.1) is 24.7 Å². The number of methoxy groups -OCH3 is 2. The fourth-order valence-electron chi connectivity index (χ4n) is 3.47. The summed E-state index contributed by atoms with van der Waals surface area (Å²) in [5.74, 6) is -1.46. The van der Waals surface area contributed by atoms with E-state index in [0.717, 1.165) is 17.0 Å². The van der Waals surface area contributed by atoms with E-state index in [2.05, 4.69) is 24.1 Å². The third kappa shape index (κ3) is 5.08. The van der Waals surface area contributed by atoms with Crippen molar-refractivity contribution >= 4 is 38.1 Å². The maximum atomic E-state index is 12.6. The Labute approximate surface area is 186 Å². The van der Waals surface area contributed by atoms with Gasteiger partial charge in [0, 0.05) is 24.0 Å². The lowest BCUT2D eigenvalue weighted by Crippen LogP contribution is -2.35. The highest BCUT2D eigenvalue weighted by atomic mass is 32.2. The molecule has 0 fully saturated rings. The highest BCUT2D eigenvalue weighted by Gasteiger charge is 2.30. The number of sulfone groups is 1. The molecule has 0 atom stereocenters. The molecule has 2 heterocycles. The first-order chi connectivity index (χ1) is 14.7. The Morgan fingerprint density at radius 2 is 1.87 bits per heavy atom. The maximum Gasteiger partial charge on any atom is 0.341 e. The van der Waals surface area contributed by atoms with Crippen LogP contribution in [0.2, 0.25) is 0 Å². The first-order valence-corrected chi connectivity index (χ1v) is 12.3. The number of ether oxygens (including phenoxy) is 2. The number of nitrogens with one attached hydrogen (secondary N) is 1. The van der Waals surface area contributed by atoms with Crippen molar-refractivity contribution in [1.82, 2.24) is 4.90 Å². The van der Waals surface area contributed by atoms with Crippen LogP contribution >= 0.6 is 11.3 Å². The van der Waals surface area contributed by atoms with Gasteiger partial charge in [-0.15, -0.1) is 11.3 Å². The number of hydrogen-bond acceptors (Lipinski definition) is 8. The zero-order valence-electron chi connectivity index (χ0n) is 17.9. The second-order valence-electron chi connectivity index (χ2n) is 7.50. The minimum absolute atomic E-state index is 0.0229. The van der Waals surface area contributed by atoms with E-state index in [-0.39, 0.29) is 4.90 Å². The van der Waals surface area contributed by atoms with E-state index in [1.807, 2.05) is 0 Å². The summed E-state index contributed by atoms with van der Waals surface area (Å²) < 4.78 is 35.2. The van der Waals surface area contributed by atoms with Gasteiger partial charge in [0.25, 0.3) is 0 Å². The molecule has 168 valence electrons. The van der Waals surface area contributed by atoms with Crippen LogP contribution in [0, 0.1) is 0 Å². The zero-order chi connectivity index (χ0) is 22.8. The summed E-state index contributed by atoms with van der Waals surface area (Å²) in [6.45, 7) is 5.67. The van der Waals surface area contributed by atoms with Crippen LogP contribution in [0.3, 0.4) is 0 Å². The molecular weight excluding hydrogens is 440 g/mol. The first kappa shape index (κ1) is 23.2. The lowest BCUT2D eigenvalue weighted by molar-refractivity contribution is -0.113. The summed E-state index contributed by atoms with van der Waals surface area (Å²) in [5.41, 5.74) is 1.18. The Bertz CT molecular complexity index is 1070. The monoisotopic (exact) mass is 466 g/mol. The molecule has 0 saturated carbocycles. The minimum atomic E-state index is -3.85. The smallest absolute Gasteiger partial charge is 0.341 e. The van der Waals surface area contributed by atoms with Crippen LogP contribution in [0.5, 0.6) is 5.75 Å². The predicted molar refractivity (Wildman–Crippen MR) is 119 cm³/mol. The number of amides is 1. The number of nitrogens with zero attached hydrogens (tertiary/aromatic N) is 1. The third-order valence-electron chi connectivity index (χ3n) is 5.20. The van der Waals surface area contributed by atoms with Crippen LogP contribution in [-0.2, 0) is 32.3 Å². The minimum Gasteiger partial charge on any atom is -0.497 e. The molecule has 0 aliphatic carbocycles. The number of hydrogen-bond donors (Lipinski definition) is 1. The quantitative estimate of drug-likeness (QED) is 0.626. The van der Waals surface area contributed by atoms with E-state index < -0.39 is 27.5 Å². The van der Waals surface area contributed by atoms with Gasteiger partial charge < -0.3 is 14.8 Å². The zero-order valence-corrected chi connectivity index (χ0v) is 19.6. The number of thiophene rings is 1. The molecule has 1 amide bonds. The molecule has 1 aromatic heterocycles. The molecule has 1 aromatic carbocycles. The van der Waals surface area contributed by atoms with Crippen LogP contribution in [0.4, 0.5) is 5.00 Å². The van der Waals surface area contributed by atoms with E-state index in [1.54, 1.807) is 0 Å². The Kier molecular flexibility index (Phi) is 7.03. The molecular formula is C21H26N2O6S2. The van der Waals surface area contributed by atoms with E-state index in [0.29, 0.717) is 35.3 Å². The SMILES string of the molecule is COC(=O)c1c(NC(=O)CS(=O)(=O)c2ccc(OC)cc2)sc2c1CCN(C(C)C)C2. The lowest BCUT2D eigenvalue weighted by atomic mass is 10.0. The van der Waals surface area contributed by atoms with Crippen molar-refractivity contribution in [3.63, 3.8) is 0 Å². The van der Waals surface area contributed by atoms with E-state index in [4.69, 9.17) is 9.47 Å². The summed E-state index contributed by atoms with van der Waals surface area (Å²) in [6, 6.07) is 6.18. The lowest BCUT2D eigenvalue weighted by Gasteiger charge is -2.30. The fraction of sp³-hybridized carbons (Fsp3) is 0.429. The number of carbonyl (C=O) groups is 2. The molecule has 0 spiro atoms. The number of rotatable bonds is 7. The molecule has 0 radical (unpaired) electrons. The van der Waals surface area contributed by atoms with Crippen molar-refractivity contribution in [2.24, 2.45) is 0 Å². The molecule has 0 bridgehead atoms. The highest BCUT2D eigenvalue weighted by Crippen LogP contribution is 2.38. The van der Waals surface area contributed by atoms with E-state index >= 15 is 0 Å². The summed E-state index contributed by atoms with van der Waals surface area (Å²) in [4.78, 5) is 28.3. The molecule has 10 heteroatoms. The van der Waals surface area contributed by atoms with Gasteiger partial charge in [0.15, 0.2) is 9.84 Å². The summed E-state index contributed by atoms with van der Waals surface area (Å²) in [7, 11) is -1.08. The Balaban J connectivity index is 1.82. The van der Waals surface area contributed by atoms with Gasteiger partial charge in [-0.1, -0.05) is 0 Å². The number of carbonyl (C=O) groups excluding carboxylic acids is 2. The van der Waals surface area contributed by atoms with Gasteiger partial charge >= 0.3 is 5.97 Å². The maximum absolute atomic E-state index is 12.6. The van der Waals surface area contributed by atoms with Crippen LogP contribution in [0.1, 0.15) is 34.6 Å². The predicted octanol–water partition coefficient (Wildman–Crippen LogP) is 2.72. The van der Waals surface area contributed by atoms with Gasteiger partial charge in [0.1, 0.15) is 16.5 Å². The van der Waals surface area contributed by atoms with Crippen molar-refractivity contribution < 1.29 is 27.5 Å². The average molecular weight is 467 g/mol. The van der Waals surface area contributed by atoms with Crippen molar-refractivity contribution in [2.75, 3.05) is 31.8 Å². The van der Waals surface area contributed by atoms with Crippen molar-refractivity contribution in [3.8, 4) is 5.75 Å². The van der Waals surface area contributed by atoms with Gasteiger partial charge in [-0.3, -0.25) is 9.69 Å². The van der Waals surface area contributed by atoms with Gasteiger partial charge in [-0.25, -0.2) is 13.2 Å². The summed E-state index contributed by atoms with van der Waals surface area (Å²) >= 11 is 1.30. The number of esters is 1. The number of fused-ring (bicyclic) bond motifs is 1. The van der Waals surface area contributed by atoms with E-state index in [9.17, 15) is 18.0 Å². The Morgan fingerprint density at radius 1 is 1.19 bits per heavy atom. The van der Waals surface area contributed by atoms with Crippen molar-refractivity contribution in [3.05, 3.63) is 40.3 Å². The molecule has 31 heavy (non-hydrogen) atoms. The third-order valence-corrected chi connectivity index (χ3v) is 7.96. The largest absolute Gasteiger partial charge is 0.497 e. The topological polar surface area (TPSA) is 102 Å². The van der Waals surface area contributed by atoms with Gasteiger partial charge in [-0.05, 0) is 50.1 Å². The van der Waals surface area contributed by atoms with Gasteiger partial charge in [-0.2, -0.15) is 0 Å². The standard InChI is InChI=1S/C21H26N2O6S2/c1-13(2)23-10-9-16-17(11-23)30-20(19(16)21(25)29-4)22-18(24)12-31(26,27)15-7-5-14(28-3)6-8-15/h5-8,13H,9-12H2,1-4H3,(H,22,24). The van der Waals surface area contributed by atoms with Crippen LogP contribution in [0.25, 0.3) is 0 Å². The van der Waals surface area contributed by atoms with Crippen LogP contribution < -0.4 is 10.1 Å². The summed E-state index contributed by atoms with van der Waals surface area (Å²) in [6.07, 6.45) is 0.661. The molecule has 0 unspecified atom stereocenters. The molecule has 1 N–H and O–H groups in total. The molecule has 8 nitrogen and oxygen atoms in total.